The Morgan fingerprint density at radius 2 is 2.10 bits per heavy atom. The number of anilines is 1. The molecule has 0 atom stereocenters. The molecule has 2 N–H and O–H groups in total. The van der Waals surface area contributed by atoms with E-state index in [9.17, 15) is 14.9 Å². The van der Waals surface area contributed by atoms with Crippen molar-refractivity contribution in [3.63, 3.8) is 0 Å². The fourth-order valence-corrected chi connectivity index (χ4v) is 2.60. The molecule has 1 aromatic rings. The molecule has 6 nitrogen and oxygen atoms in total. The van der Waals surface area contributed by atoms with Crippen LogP contribution >= 0.6 is 0 Å². The second kappa shape index (κ2) is 6.22. The van der Waals surface area contributed by atoms with Gasteiger partial charge in [-0.05, 0) is 38.4 Å². The van der Waals surface area contributed by atoms with Gasteiger partial charge < -0.3 is 10.6 Å². The summed E-state index contributed by atoms with van der Waals surface area (Å²) in [5, 5.41) is 17.1. The maximum atomic E-state index is 12.4. The lowest BCUT2D eigenvalue weighted by Crippen LogP contribution is -2.42. The third kappa shape index (κ3) is 3.39. The second-order valence-corrected chi connectivity index (χ2v) is 5.72. The van der Waals surface area contributed by atoms with Crippen LogP contribution in [0, 0.1) is 15.5 Å². The number of nitro benzene ring substituents is 1. The molecule has 0 saturated carbocycles. The topological polar surface area (TPSA) is 84.3 Å². The zero-order valence-electron chi connectivity index (χ0n) is 12.4. The fourth-order valence-electron chi connectivity index (χ4n) is 2.60. The summed E-state index contributed by atoms with van der Waals surface area (Å²) in [6.07, 6.45) is 2.13. The van der Waals surface area contributed by atoms with Crippen LogP contribution in [-0.2, 0) is 11.2 Å². The molecule has 0 spiro atoms. The predicted molar refractivity (Wildman–Crippen MR) is 81.3 cm³/mol. The van der Waals surface area contributed by atoms with Crippen molar-refractivity contribution < 1.29 is 9.72 Å². The highest BCUT2D eigenvalue weighted by Gasteiger charge is 2.34. The van der Waals surface area contributed by atoms with Crippen LogP contribution in [0.1, 0.15) is 32.3 Å². The lowest BCUT2D eigenvalue weighted by atomic mass is 9.80. The van der Waals surface area contributed by atoms with Crippen LogP contribution in [0.15, 0.2) is 18.2 Å². The number of aryl methyl sites for hydroxylation is 1. The third-order valence-corrected chi connectivity index (χ3v) is 4.18. The number of piperidine rings is 1. The predicted octanol–water partition coefficient (Wildman–Crippen LogP) is 2.49. The molecule has 0 aliphatic carbocycles. The molecule has 1 amide bonds. The highest BCUT2D eigenvalue weighted by atomic mass is 16.6. The van der Waals surface area contributed by atoms with Gasteiger partial charge in [0.1, 0.15) is 0 Å². The van der Waals surface area contributed by atoms with Gasteiger partial charge in [-0.3, -0.25) is 14.9 Å². The van der Waals surface area contributed by atoms with Crippen molar-refractivity contribution in [1.82, 2.24) is 5.32 Å². The molecule has 21 heavy (non-hydrogen) atoms. The highest BCUT2D eigenvalue weighted by molar-refractivity contribution is 5.95. The number of carbonyl (C=O) groups is 1. The summed E-state index contributed by atoms with van der Waals surface area (Å²) < 4.78 is 0. The molecule has 1 heterocycles. The minimum absolute atomic E-state index is 0.0609. The largest absolute Gasteiger partial charge is 0.325 e. The summed E-state index contributed by atoms with van der Waals surface area (Å²) in [6.45, 7) is 5.45. The van der Waals surface area contributed by atoms with Crippen molar-refractivity contribution in [3.05, 3.63) is 33.9 Å². The van der Waals surface area contributed by atoms with Gasteiger partial charge in [-0.2, -0.15) is 0 Å². The zero-order valence-corrected chi connectivity index (χ0v) is 12.4. The van der Waals surface area contributed by atoms with Gasteiger partial charge in [0.05, 0.1) is 4.92 Å². The number of nitrogens with one attached hydrogen (secondary N) is 2. The Labute approximate surface area is 124 Å². The van der Waals surface area contributed by atoms with Crippen LogP contribution in [-0.4, -0.2) is 23.9 Å². The van der Waals surface area contributed by atoms with Crippen molar-refractivity contribution in [3.8, 4) is 0 Å². The quantitative estimate of drug-likeness (QED) is 0.659. The van der Waals surface area contributed by atoms with Crippen LogP contribution in [0.4, 0.5) is 11.4 Å². The van der Waals surface area contributed by atoms with Crippen molar-refractivity contribution in [2.24, 2.45) is 5.41 Å². The first-order valence-corrected chi connectivity index (χ1v) is 7.26. The van der Waals surface area contributed by atoms with Crippen LogP contribution in [0.2, 0.25) is 0 Å². The van der Waals surface area contributed by atoms with Crippen molar-refractivity contribution in [1.29, 1.82) is 0 Å². The first-order chi connectivity index (χ1) is 9.96. The Bertz CT molecular complexity index is 551. The Kier molecular flexibility index (Phi) is 4.57. The van der Waals surface area contributed by atoms with Crippen LogP contribution < -0.4 is 10.6 Å². The lowest BCUT2D eigenvalue weighted by molar-refractivity contribution is -0.385. The van der Waals surface area contributed by atoms with Crippen molar-refractivity contribution in [2.75, 3.05) is 18.4 Å². The number of nitro groups is 1. The summed E-state index contributed by atoms with van der Waals surface area (Å²) in [5.41, 5.74) is 0.809. The Morgan fingerprint density at radius 1 is 1.43 bits per heavy atom. The maximum Gasteiger partial charge on any atom is 0.274 e. The Hall–Kier alpha value is -1.95. The molecule has 0 bridgehead atoms. The van der Waals surface area contributed by atoms with Gasteiger partial charge in [-0.1, -0.05) is 19.9 Å². The summed E-state index contributed by atoms with van der Waals surface area (Å²) in [4.78, 5) is 23.1. The summed E-state index contributed by atoms with van der Waals surface area (Å²) in [7, 11) is 0. The molecule has 0 radical (unpaired) electrons. The molecule has 1 aromatic carbocycles. The standard InChI is InChI=1S/C15H21N3O3/c1-3-11-4-5-12(10-13(11)18(20)21)17-14(19)15(2)6-8-16-9-7-15/h4-5,10,16H,3,6-9H2,1-2H3,(H,17,19). The molecule has 1 aliphatic heterocycles. The second-order valence-electron chi connectivity index (χ2n) is 5.72. The summed E-state index contributed by atoms with van der Waals surface area (Å²) >= 11 is 0. The summed E-state index contributed by atoms with van der Waals surface area (Å²) in [6, 6.07) is 4.88. The van der Waals surface area contributed by atoms with Gasteiger partial charge in [-0.25, -0.2) is 0 Å². The molecule has 1 aliphatic rings. The van der Waals surface area contributed by atoms with Crippen LogP contribution in [0.5, 0.6) is 0 Å². The monoisotopic (exact) mass is 291 g/mol. The molecule has 6 heteroatoms. The first kappa shape index (κ1) is 15.4. The van der Waals surface area contributed by atoms with Crippen molar-refractivity contribution in [2.45, 2.75) is 33.1 Å². The zero-order chi connectivity index (χ0) is 15.5. The molecule has 1 fully saturated rings. The fraction of sp³-hybridized carbons (Fsp3) is 0.533. The minimum atomic E-state index is -0.413. The van der Waals surface area contributed by atoms with E-state index < -0.39 is 10.3 Å². The van der Waals surface area contributed by atoms with Gasteiger partial charge in [0.15, 0.2) is 0 Å². The van der Waals surface area contributed by atoms with E-state index >= 15 is 0 Å². The SMILES string of the molecule is CCc1ccc(NC(=O)C2(C)CCNCC2)cc1[N+](=O)[O-]. The van der Waals surface area contributed by atoms with E-state index in [1.165, 1.54) is 6.07 Å². The molecular formula is C15H21N3O3. The van der Waals surface area contributed by atoms with Gasteiger partial charge in [0.2, 0.25) is 5.91 Å². The number of carbonyl (C=O) groups excluding carboxylic acids is 1. The molecule has 114 valence electrons. The van der Waals surface area contributed by atoms with Crippen molar-refractivity contribution >= 4 is 17.3 Å². The number of benzene rings is 1. The molecule has 0 aromatic heterocycles. The molecular weight excluding hydrogens is 270 g/mol. The Morgan fingerprint density at radius 3 is 2.67 bits per heavy atom. The van der Waals surface area contributed by atoms with E-state index in [4.69, 9.17) is 0 Å². The number of rotatable bonds is 4. The average molecular weight is 291 g/mol. The van der Waals surface area contributed by atoms with E-state index in [-0.39, 0.29) is 11.6 Å². The Balaban J connectivity index is 2.17. The maximum absolute atomic E-state index is 12.4. The van der Waals surface area contributed by atoms with E-state index in [0.29, 0.717) is 17.7 Å². The van der Waals surface area contributed by atoms with E-state index in [0.717, 1.165) is 25.9 Å². The van der Waals surface area contributed by atoms with E-state index in [2.05, 4.69) is 10.6 Å². The molecule has 1 saturated heterocycles. The van der Waals surface area contributed by atoms with Gasteiger partial charge in [0.25, 0.3) is 5.69 Å². The number of nitrogens with zero attached hydrogens (tertiary/aromatic N) is 1. The lowest BCUT2D eigenvalue weighted by Gasteiger charge is -2.32. The average Bonchev–Trinajstić information content (AvgIpc) is 2.47. The normalized spacial score (nSPS) is 17.2. The van der Waals surface area contributed by atoms with Gasteiger partial charge in [0, 0.05) is 22.7 Å². The number of amides is 1. The van der Waals surface area contributed by atoms with Crippen LogP contribution in [0.3, 0.4) is 0 Å². The van der Waals surface area contributed by atoms with Crippen LogP contribution in [0.25, 0.3) is 0 Å². The summed E-state index contributed by atoms with van der Waals surface area (Å²) in [5.74, 6) is -0.0671. The third-order valence-electron chi connectivity index (χ3n) is 4.18. The van der Waals surface area contributed by atoms with E-state index in [1.807, 2.05) is 13.8 Å². The smallest absolute Gasteiger partial charge is 0.274 e. The first-order valence-electron chi connectivity index (χ1n) is 7.26. The number of hydrogen-bond acceptors (Lipinski definition) is 4. The van der Waals surface area contributed by atoms with Gasteiger partial charge >= 0.3 is 0 Å². The highest BCUT2D eigenvalue weighted by Crippen LogP contribution is 2.30. The van der Waals surface area contributed by atoms with Gasteiger partial charge in [-0.15, -0.1) is 0 Å². The number of hydrogen-bond donors (Lipinski definition) is 2. The minimum Gasteiger partial charge on any atom is -0.325 e. The molecule has 2 rings (SSSR count). The molecule has 0 unspecified atom stereocenters. The van der Waals surface area contributed by atoms with E-state index in [1.54, 1.807) is 12.1 Å².